The summed E-state index contributed by atoms with van der Waals surface area (Å²) in [6.45, 7) is 8.38. The molecule has 0 spiro atoms. The van der Waals surface area contributed by atoms with E-state index in [2.05, 4.69) is 42.9 Å². The van der Waals surface area contributed by atoms with Gasteiger partial charge in [0, 0.05) is 18.3 Å². The summed E-state index contributed by atoms with van der Waals surface area (Å²) >= 11 is 0. The van der Waals surface area contributed by atoms with Crippen LogP contribution in [-0.2, 0) is 6.54 Å². The molecule has 0 aromatic heterocycles. The molecule has 0 aliphatic carbocycles. The van der Waals surface area contributed by atoms with E-state index >= 15 is 0 Å². The monoisotopic (exact) mass is 308 g/mol. The van der Waals surface area contributed by atoms with E-state index in [1.807, 2.05) is 18.2 Å². The topological polar surface area (TPSA) is 64.9 Å². The number of hydrogen-bond acceptors (Lipinski definition) is 3. The summed E-state index contributed by atoms with van der Waals surface area (Å²) in [4.78, 5) is 4.34. The molecule has 2 rings (SSSR count). The van der Waals surface area contributed by atoms with Crippen LogP contribution in [0.4, 0.5) is 0 Å². The number of rotatable bonds is 5. The molecule has 0 aliphatic rings. The van der Waals surface area contributed by atoms with E-state index in [1.54, 1.807) is 12.1 Å². The fourth-order valence-corrected chi connectivity index (χ4v) is 2.37. The molecule has 2 aromatic rings. The standard InChI is InChI=1S/C18H21BN2O2/c1-4-20-18(17-10-5-13(2)11-14(17)3)21-12-15-6-8-16(9-7-15)19(22)23/h4-11,22-23H,1,12H2,2-3H3,(H,20,21). The van der Waals surface area contributed by atoms with Crippen LogP contribution in [0.1, 0.15) is 22.3 Å². The first kappa shape index (κ1) is 17.0. The quantitative estimate of drug-likeness (QED) is 0.447. The molecule has 0 saturated heterocycles. The largest absolute Gasteiger partial charge is 0.488 e. The van der Waals surface area contributed by atoms with E-state index in [0.717, 1.165) is 22.5 Å². The minimum absolute atomic E-state index is 0.475. The van der Waals surface area contributed by atoms with Crippen LogP contribution in [0.5, 0.6) is 0 Å². The van der Waals surface area contributed by atoms with E-state index in [1.165, 1.54) is 11.8 Å². The van der Waals surface area contributed by atoms with Crippen molar-refractivity contribution in [1.29, 1.82) is 0 Å². The van der Waals surface area contributed by atoms with Crippen molar-refractivity contribution in [3.05, 3.63) is 77.5 Å². The molecule has 0 heterocycles. The lowest BCUT2D eigenvalue weighted by atomic mass is 9.80. The molecule has 0 atom stereocenters. The second kappa shape index (κ2) is 7.76. The van der Waals surface area contributed by atoms with Gasteiger partial charge in [0.25, 0.3) is 0 Å². The van der Waals surface area contributed by atoms with Crippen LogP contribution in [0.3, 0.4) is 0 Å². The molecule has 0 bridgehead atoms. The summed E-state index contributed by atoms with van der Waals surface area (Å²) in [5, 5.41) is 21.5. The van der Waals surface area contributed by atoms with Gasteiger partial charge in [-0.15, -0.1) is 0 Å². The summed E-state index contributed by atoms with van der Waals surface area (Å²) in [5.74, 6) is 0.767. The van der Waals surface area contributed by atoms with E-state index in [0.29, 0.717) is 12.0 Å². The average molecular weight is 308 g/mol. The van der Waals surface area contributed by atoms with Crippen LogP contribution >= 0.6 is 0 Å². The molecule has 23 heavy (non-hydrogen) atoms. The predicted molar refractivity (Wildman–Crippen MR) is 95.8 cm³/mol. The summed E-state index contributed by atoms with van der Waals surface area (Å²) < 4.78 is 0. The van der Waals surface area contributed by atoms with Gasteiger partial charge in [0.2, 0.25) is 0 Å². The van der Waals surface area contributed by atoms with E-state index in [4.69, 9.17) is 10.0 Å². The van der Waals surface area contributed by atoms with Crippen LogP contribution in [-0.4, -0.2) is 23.0 Å². The molecular formula is C18H21BN2O2. The zero-order chi connectivity index (χ0) is 16.8. The molecular weight excluding hydrogens is 287 g/mol. The minimum Gasteiger partial charge on any atom is -0.423 e. The fraction of sp³-hybridized carbons (Fsp3) is 0.167. The smallest absolute Gasteiger partial charge is 0.423 e. The normalized spacial score (nSPS) is 11.2. The molecule has 118 valence electrons. The Bertz CT molecular complexity index is 709. The van der Waals surface area contributed by atoms with E-state index < -0.39 is 7.12 Å². The third-order valence-electron chi connectivity index (χ3n) is 3.60. The molecule has 0 amide bonds. The molecule has 0 unspecified atom stereocenters. The van der Waals surface area contributed by atoms with Gasteiger partial charge in [0.1, 0.15) is 5.84 Å². The van der Waals surface area contributed by atoms with Gasteiger partial charge in [-0.05, 0) is 30.4 Å². The molecule has 0 aliphatic heterocycles. The van der Waals surface area contributed by atoms with Crippen molar-refractivity contribution in [2.45, 2.75) is 20.4 Å². The lowest BCUT2D eigenvalue weighted by molar-refractivity contribution is 0.426. The fourth-order valence-electron chi connectivity index (χ4n) is 2.37. The van der Waals surface area contributed by atoms with Gasteiger partial charge in [0.15, 0.2) is 0 Å². The molecule has 4 nitrogen and oxygen atoms in total. The maximum atomic E-state index is 9.11. The summed E-state index contributed by atoms with van der Waals surface area (Å²) in [5.41, 5.74) is 4.90. The van der Waals surface area contributed by atoms with E-state index in [-0.39, 0.29) is 0 Å². The average Bonchev–Trinajstić information content (AvgIpc) is 2.52. The van der Waals surface area contributed by atoms with Gasteiger partial charge in [-0.3, -0.25) is 0 Å². The highest BCUT2D eigenvalue weighted by Crippen LogP contribution is 2.11. The van der Waals surface area contributed by atoms with E-state index in [9.17, 15) is 0 Å². The first-order valence-electron chi connectivity index (χ1n) is 7.46. The minimum atomic E-state index is -1.44. The van der Waals surface area contributed by atoms with Crippen LogP contribution < -0.4 is 10.8 Å². The van der Waals surface area contributed by atoms with Gasteiger partial charge >= 0.3 is 7.12 Å². The van der Waals surface area contributed by atoms with Gasteiger partial charge in [-0.2, -0.15) is 0 Å². The van der Waals surface area contributed by atoms with Gasteiger partial charge in [0.05, 0.1) is 0 Å². The highest BCUT2D eigenvalue weighted by Gasteiger charge is 2.10. The lowest BCUT2D eigenvalue weighted by Crippen LogP contribution is -2.30. The molecule has 5 heteroatoms. The summed E-state index contributed by atoms with van der Waals surface area (Å²) in [6, 6.07) is 13.3. The first-order chi connectivity index (χ1) is 11.0. The number of aliphatic imine (C=N–C) groups is 1. The number of nitrogens with zero attached hydrogens (tertiary/aromatic N) is 1. The van der Waals surface area contributed by atoms with Crippen molar-refractivity contribution >= 4 is 18.4 Å². The summed E-state index contributed by atoms with van der Waals surface area (Å²) in [6.07, 6.45) is 1.52. The van der Waals surface area contributed by atoms with Gasteiger partial charge in [-0.1, -0.05) is 54.6 Å². The number of nitrogens with one attached hydrogen (secondary N) is 1. The third kappa shape index (κ3) is 4.55. The van der Waals surface area contributed by atoms with Crippen molar-refractivity contribution in [2.24, 2.45) is 4.99 Å². The first-order valence-corrected chi connectivity index (χ1v) is 7.46. The number of benzene rings is 2. The molecule has 0 saturated carbocycles. The maximum absolute atomic E-state index is 9.11. The second-order valence-corrected chi connectivity index (χ2v) is 5.45. The Morgan fingerprint density at radius 2 is 1.87 bits per heavy atom. The van der Waals surface area contributed by atoms with Gasteiger partial charge in [-0.25, -0.2) is 4.99 Å². The van der Waals surface area contributed by atoms with Crippen molar-refractivity contribution in [3.8, 4) is 0 Å². The summed E-state index contributed by atoms with van der Waals surface area (Å²) in [7, 11) is -1.44. The predicted octanol–water partition coefficient (Wildman–Crippen LogP) is 1.66. The Balaban J connectivity index is 2.14. The molecule has 0 fully saturated rings. The number of amidine groups is 1. The van der Waals surface area contributed by atoms with Crippen LogP contribution in [0.15, 0.2) is 60.2 Å². The SMILES string of the molecule is C=C/N=C(/NCc1ccc(B(O)O)cc1)c1ccc(C)cc1C. The molecule has 0 radical (unpaired) electrons. The van der Waals surface area contributed by atoms with Crippen molar-refractivity contribution in [2.75, 3.05) is 0 Å². The third-order valence-corrected chi connectivity index (χ3v) is 3.60. The number of hydrogen-bond donors (Lipinski definition) is 3. The number of aryl methyl sites for hydroxylation is 2. The zero-order valence-corrected chi connectivity index (χ0v) is 13.5. The zero-order valence-electron chi connectivity index (χ0n) is 13.5. The Morgan fingerprint density at radius 1 is 1.17 bits per heavy atom. The van der Waals surface area contributed by atoms with Crippen LogP contribution in [0.2, 0.25) is 0 Å². The van der Waals surface area contributed by atoms with Crippen LogP contribution in [0.25, 0.3) is 0 Å². The Kier molecular flexibility index (Phi) is 5.74. The highest BCUT2D eigenvalue weighted by molar-refractivity contribution is 6.58. The van der Waals surface area contributed by atoms with Crippen molar-refractivity contribution in [3.63, 3.8) is 0 Å². The Labute approximate surface area is 137 Å². The van der Waals surface area contributed by atoms with Crippen LogP contribution in [0, 0.1) is 13.8 Å². The second-order valence-electron chi connectivity index (χ2n) is 5.45. The molecule has 2 aromatic carbocycles. The lowest BCUT2D eigenvalue weighted by Gasteiger charge is -2.13. The highest BCUT2D eigenvalue weighted by atomic mass is 16.4. The molecule has 3 N–H and O–H groups in total. The van der Waals surface area contributed by atoms with Crippen molar-refractivity contribution < 1.29 is 10.0 Å². The Hall–Kier alpha value is -2.37. The maximum Gasteiger partial charge on any atom is 0.488 e. The van der Waals surface area contributed by atoms with Crippen molar-refractivity contribution in [1.82, 2.24) is 5.32 Å². The Morgan fingerprint density at radius 3 is 2.43 bits per heavy atom. The van der Waals surface area contributed by atoms with Gasteiger partial charge < -0.3 is 15.4 Å².